The third-order valence-corrected chi connectivity index (χ3v) is 4.46. The van der Waals surface area contributed by atoms with E-state index in [-0.39, 0.29) is 5.91 Å². The van der Waals surface area contributed by atoms with Crippen molar-refractivity contribution < 1.29 is 9.53 Å². The monoisotopic (exact) mass is 339 g/mol. The van der Waals surface area contributed by atoms with Gasteiger partial charge in [0.05, 0.1) is 0 Å². The van der Waals surface area contributed by atoms with E-state index in [1.165, 1.54) is 16.7 Å². The Balaban J connectivity index is 1.80. The van der Waals surface area contributed by atoms with E-state index < -0.39 is 6.10 Å². The molecule has 0 saturated heterocycles. The molecule has 3 nitrogen and oxygen atoms in total. The maximum absolute atomic E-state index is 12.3. The number of rotatable bonds is 7. The zero-order chi connectivity index (χ0) is 18.4. The first kappa shape index (κ1) is 19.0. The van der Waals surface area contributed by atoms with Gasteiger partial charge in [0.15, 0.2) is 6.10 Å². The topological polar surface area (TPSA) is 38.3 Å². The molecular formula is C22H29NO2. The first-order valence-corrected chi connectivity index (χ1v) is 8.94. The molecule has 0 aromatic heterocycles. The van der Waals surface area contributed by atoms with Crippen LogP contribution in [0.1, 0.15) is 41.2 Å². The second-order valence-corrected chi connectivity index (χ2v) is 6.85. The molecule has 1 unspecified atom stereocenters. The van der Waals surface area contributed by atoms with Crippen molar-refractivity contribution in [3.05, 3.63) is 64.2 Å². The Bertz CT molecular complexity index is 737. The van der Waals surface area contributed by atoms with Gasteiger partial charge in [0, 0.05) is 6.54 Å². The van der Waals surface area contributed by atoms with Crippen LogP contribution in [-0.4, -0.2) is 18.6 Å². The predicted molar refractivity (Wildman–Crippen MR) is 103 cm³/mol. The van der Waals surface area contributed by atoms with Crippen LogP contribution in [0.2, 0.25) is 0 Å². The zero-order valence-electron chi connectivity index (χ0n) is 16.0. The van der Waals surface area contributed by atoms with Gasteiger partial charge in [-0.1, -0.05) is 35.9 Å². The molecule has 0 heterocycles. The van der Waals surface area contributed by atoms with Gasteiger partial charge in [0.1, 0.15) is 5.75 Å². The summed E-state index contributed by atoms with van der Waals surface area (Å²) in [6.45, 7) is 10.7. The number of ether oxygens (including phenoxy) is 1. The van der Waals surface area contributed by atoms with Crippen LogP contribution in [0.15, 0.2) is 36.4 Å². The molecule has 2 aromatic rings. The summed E-state index contributed by atoms with van der Waals surface area (Å²) in [6.07, 6.45) is 1.39. The Morgan fingerprint density at radius 1 is 1.08 bits per heavy atom. The highest BCUT2D eigenvalue weighted by atomic mass is 16.5. The fraction of sp³-hybridized carbons (Fsp3) is 0.409. The summed E-state index contributed by atoms with van der Waals surface area (Å²) < 4.78 is 5.89. The summed E-state index contributed by atoms with van der Waals surface area (Å²) in [5, 5.41) is 2.97. The number of carbonyl (C=O) groups is 1. The Kier molecular flexibility index (Phi) is 6.63. The van der Waals surface area contributed by atoms with E-state index in [1.807, 2.05) is 19.9 Å². The highest BCUT2D eigenvalue weighted by molar-refractivity contribution is 5.80. The highest BCUT2D eigenvalue weighted by Gasteiger charge is 2.16. The van der Waals surface area contributed by atoms with Crippen molar-refractivity contribution in [2.75, 3.05) is 6.54 Å². The summed E-state index contributed by atoms with van der Waals surface area (Å²) in [6, 6.07) is 12.6. The normalized spacial score (nSPS) is 11.9. The lowest BCUT2D eigenvalue weighted by Crippen LogP contribution is -2.37. The molecular weight excluding hydrogens is 310 g/mol. The zero-order valence-corrected chi connectivity index (χ0v) is 16.0. The summed E-state index contributed by atoms with van der Waals surface area (Å²) in [4.78, 5) is 12.3. The van der Waals surface area contributed by atoms with Crippen molar-refractivity contribution >= 4 is 5.91 Å². The minimum absolute atomic E-state index is 0.0669. The van der Waals surface area contributed by atoms with Crippen LogP contribution < -0.4 is 10.1 Å². The lowest BCUT2D eigenvalue weighted by atomic mass is 10.1. The van der Waals surface area contributed by atoms with Crippen LogP contribution in [0, 0.1) is 27.7 Å². The maximum Gasteiger partial charge on any atom is 0.260 e. The van der Waals surface area contributed by atoms with Gasteiger partial charge in [-0.3, -0.25) is 4.79 Å². The van der Waals surface area contributed by atoms with E-state index in [4.69, 9.17) is 4.74 Å². The Morgan fingerprint density at radius 2 is 1.84 bits per heavy atom. The number of nitrogens with one attached hydrogen (secondary N) is 1. The molecule has 0 aliphatic rings. The van der Waals surface area contributed by atoms with E-state index in [0.29, 0.717) is 6.54 Å². The van der Waals surface area contributed by atoms with Crippen molar-refractivity contribution in [3.8, 4) is 5.75 Å². The molecule has 0 spiro atoms. The largest absolute Gasteiger partial charge is 0.481 e. The molecule has 0 bridgehead atoms. The lowest BCUT2D eigenvalue weighted by Gasteiger charge is -2.18. The van der Waals surface area contributed by atoms with Crippen molar-refractivity contribution in [3.63, 3.8) is 0 Å². The molecule has 2 aromatic carbocycles. The predicted octanol–water partition coefficient (Wildman–Crippen LogP) is 4.44. The third-order valence-electron chi connectivity index (χ3n) is 4.46. The van der Waals surface area contributed by atoms with Crippen LogP contribution >= 0.6 is 0 Å². The minimum Gasteiger partial charge on any atom is -0.481 e. The minimum atomic E-state index is -0.501. The first-order valence-electron chi connectivity index (χ1n) is 8.94. The summed E-state index contributed by atoms with van der Waals surface area (Å²) in [5.41, 5.74) is 5.99. The molecule has 1 atom stereocenters. The van der Waals surface area contributed by atoms with Gasteiger partial charge in [-0.15, -0.1) is 0 Å². The number of hydrogen-bond donors (Lipinski definition) is 1. The number of amides is 1. The molecule has 3 heteroatoms. The van der Waals surface area contributed by atoms with E-state index in [9.17, 15) is 4.79 Å². The molecule has 1 N–H and O–H groups in total. The number of aryl methyl sites for hydroxylation is 4. The van der Waals surface area contributed by atoms with Crippen LogP contribution in [0.5, 0.6) is 5.75 Å². The molecule has 0 fully saturated rings. The highest BCUT2D eigenvalue weighted by Crippen LogP contribution is 2.24. The fourth-order valence-corrected chi connectivity index (χ4v) is 2.88. The van der Waals surface area contributed by atoms with E-state index in [0.717, 1.165) is 29.7 Å². The van der Waals surface area contributed by atoms with E-state index in [2.05, 4.69) is 49.5 Å². The van der Waals surface area contributed by atoms with Gasteiger partial charge < -0.3 is 10.1 Å². The quantitative estimate of drug-likeness (QED) is 0.758. The summed E-state index contributed by atoms with van der Waals surface area (Å²) in [7, 11) is 0. The maximum atomic E-state index is 12.3. The fourth-order valence-electron chi connectivity index (χ4n) is 2.88. The summed E-state index contributed by atoms with van der Waals surface area (Å²) >= 11 is 0. The van der Waals surface area contributed by atoms with Crippen molar-refractivity contribution in [2.24, 2.45) is 0 Å². The summed E-state index contributed by atoms with van der Waals surface area (Å²) in [5.74, 6) is 0.725. The van der Waals surface area contributed by atoms with Gasteiger partial charge in [-0.05, 0) is 75.8 Å². The second-order valence-electron chi connectivity index (χ2n) is 6.85. The second kappa shape index (κ2) is 8.70. The van der Waals surface area contributed by atoms with Gasteiger partial charge in [0.2, 0.25) is 0 Å². The van der Waals surface area contributed by atoms with Crippen molar-refractivity contribution in [1.29, 1.82) is 0 Å². The Morgan fingerprint density at radius 3 is 2.56 bits per heavy atom. The lowest BCUT2D eigenvalue weighted by molar-refractivity contribution is -0.127. The molecule has 1 amide bonds. The van der Waals surface area contributed by atoms with Crippen LogP contribution in [-0.2, 0) is 11.2 Å². The number of hydrogen-bond acceptors (Lipinski definition) is 2. The van der Waals surface area contributed by atoms with Gasteiger partial charge >= 0.3 is 0 Å². The molecule has 134 valence electrons. The van der Waals surface area contributed by atoms with Crippen LogP contribution in [0.3, 0.4) is 0 Å². The molecule has 0 radical (unpaired) electrons. The van der Waals surface area contributed by atoms with Crippen molar-refractivity contribution in [1.82, 2.24) is 5.32 Å². The molecule has 0 saturated carbocycles. The van der Waals surface area contributed by atoms with E-state index in [1.54, 1.807) is 6.92 Å². The van der Waals surface area contributed by atoms with Crippen LogP contribution in [0.4, 0.5) is 0 Å². The Labute approximate surface area is 151 Å². The van der Waals surface area contributed by atoms with E-state index >= 15 is 0 Å². The number of carbonyl (C=O) groups excluding carboxylic acids is 1. The average Bonchev–Trinajstić information content (AvgIpc) is 2.56. The number of benzene rings is 2. The molecule has 0 aliphatic heterocycles. The van der Waals surface area contributed by atoms with Crippen LogP contribution in [0.25, 0.3) is 0 Å². The van der Waals surface area contributed by atoms with Gasteiger partial charge in [0.25, 0.3) is 5.91 Å². The standard InChI is InChI=1S/C22H29NO2/c1-15-8-6-9-20(13-15)10-7-11-23-22(24)19(5)25-21-14-16(2)12-17(3)18(21)4/h6,8-9,12-14,19H,7,10-11H2,1-5H3,(H,23,24). The van der Waals surface area contributed by atoms with Gasteiger partial charge in [-0.25, -0.2) is 0 Å². The third kappa shape index (κ3) is 5.63. The molecule has 0 aliphatic carbocycles. The van der Waals surface area contributed by atoms with Gasteiger partial charge in [-0.2, -0.15) is 0 Å². The first-order chi connectivity index (χ1) is 11.9. The van der Waals surface area contributed by atoms with Crippen molar-refractivity contribution in [2.45, 2.75) is 53.6 Å². The molecule has 2 rings (SSSR count). The molecule has 25 heavy (non-hydrogen) atoms. The Hall–Kier alpha value is -2.29. The smallest absolute Gasteiger partial charge is 0.260 e. The average molecular weight is 339 g/mol. The SMILES string of the molecule is Cc1cccc(CCCNC(=O)C(C)Oc2cc(C)cc(C)c2C)c1.